The number of nitrogens with zero attached hydrogens (tertiary/aromatic N) is 4. The van der Waals surface area contributed by atoms with Gasteiger partial charge in [-0.2, -0.15) is 17.6 Å². The number of anilines is 1. The van der Waals surface area contributed by atoms with Crippen molar-refractivity contribution >= 4 is 31.0 Å². The van der Waals surface area contributed by atoms with Crippen LogP contribution in [0.4, 0.5) is 10.1 Å². The van der Waals surface area contributed by atoms with Crippen LogP contribution in [0.2, 0.25) is 0 Å². The molecule has 0 radical (unpaired) electrons. The molecule has 0 aliphatic heterocycles. The van der Waals surface area contributed by atoms with Crippen LogP contribution < -0.4 is 9.64 Å². The summed E-state index contributed by atoms with van der Waals surface area (Å²) in [5, 5.41) is 17.2. The SMILES string of the molecule is CCC(CS)c1ncnc(Oc2ccc(N(C)C=NC=N)cc2F)c1O. The molecule has 138 valence electrons. The predicted octanol–water partition coefficient (Wildman–Crippen LogP) is 3.61. The predicted molar refractivity (Wildman–Crippen MR) is 103 cm³/mol. The normalized spacial score (nSPS) is 12.2. The third-order valence-electron chi connectivity index (χ3n) is 3.76. The maximum absolute atomic E-state index is 14.4. The van der Waals surface area contributed by atoms with Gasteiger partial charge in [-0.05, 0) is 24.3 Å². The average Bonchev–Trinajstić information content (AvgIpc) is 2.65. The summed E-state index contributed by atoms with van der Waals surface area (Å²) >= 11 is 4.26. The first kappa shape index (κ1) is 19.6. The Morgan fingerprint density at radius 1 is 1.46 bits per heavy atom. The number of halogens is 1. The molecule has 0 spiro atoms. The molecule has 1 unspecified atom stereocenters. The summed E-state index contributed by atoms with van der Waals surface area (Å²) in [6, 6.07) is 4.31. The highest BCUT2D eigenvalue weighted by Gasteiger charge is 2.20. The molecule has 0 aliphatic rings. The number of rotatable bonds is 8. The van der Waals surface area contributed by atoms with Crippen molar-refractivity contribution in [2.45, 2.75) is 19.3 Å². The summed E-state index contributed by atoms with van der Waals surface area (Å²) in [6.45, 7) is 1.96. The molecule has 7 nitrogen and oxygen atoms in total. The molecule has 9 heteroatoms. The van der Waals surface area contributed by atoms with Crippen molar-refractivity contribution in [3.05, 3.63) is 36.0 Å². The molecule has 1 aromatic carbocycles. The van der Waals surface area contributed by atoms with Crippen molar-refractivity contribution in [1.82, 2.24) is 9.97 Å². The lowest BCUT2D eigenvalue weighted by Crippen LogP contribution is -2.14. The lowest BCUT2D eigenvalue weighted by Gasteiger charge is -2.16. The van der Waals surface area contributed by atoms with Gasteiger partial charge in [-0.3, -0.25) is 5.41 Å². The summed E-state index contributed by atoms with van der Waals surface area (Å²) in [5.74, 6) is -0.582. The van der Waals surface area contributed by atoms with Crippen LogP contribution in [0.5, 0.6) is 17.4 Å². The van der Waals surface area contributed by atoms with E-state index in [1.165, 1.54) is 24.8 Å². The van der Waals surface area contributed by atoms with Crippen molar-refractivity contribution in [3.8, 4) is 17.4 Å². The molecular weight excluding hydrogens is 357 g/mol. The number of hydrogen-bond acceptors (Lipinski definition) is 6. The fourth-order valence-corrected chi connectivity index (χ4v) is 2.68. The number of hydrogen-bond donors (Lipinski definition) is 3. The first-order chi connectivity index (χ1) is 12.5. The van der Waals surface area contributed by atoms with Crippen LogP contribution in [0.3, 0.4) is 0 Å². The smallest absolute Gasteiger partial charge is 0.265 e. The largest absolute Gasteiger partial charge is 0.502 e. The topological polar surface area (TPSA) is 94.7 Å². The van der Waals surface area contributed by atoms with Gasteiger partial charge in [-0.25, -0.2) is 14.4 Å². The van der Waals surface area contributed by atoms with E-state index in [0.29, 0.717) is 17.1 Å². The summed E-state index contributed by atoms with van der Waals surface area (Å²) in [7, 11) is 1.67. The van der Waals surface area contributed by atoms with Gasteiger partial charge in [0.05, 0.1) is 12.0 Å². The molecule has 2 rings (SSSR count). The van der Waals surface area contributed by atoms with E-state index >= 15 is 0 Å². The first-order valence-corrected chi connectivity index (χ1v) is 8.52. The van der Waals surface area contributed by atoms with Gasteiger partial charge < -0.3 is 14.7 Å². The second-order valence-corrected chi connectivity index (χ2v) is 5.79. The highest BCUT2D eigenvalue weighted by Crippen LogP contribution is 2.36. The molecule has 0 bridgehead atoms. The molecule has 1 aromatic heterocycles. The number of aromatic nitrogens is 2. The van der Waals surface area contributed by atoms with Gasteiger partial charge in [0.25, 0.3) is 5.88 Å². The first-order valence-electron chi connectivity index (χ1n) is 7.89. The zero-order valence-electron chi connectivity index (χ0n) is 14.4. The molecule has 1 heterocycles. The quantitative estimate of drug-likeness (QED) is 0.371. The van der Waals surface area contributed by atoms with Gasteiger partial charge in [-0.1, -0.05) is 6.92 Å². The number of aromatic hydroxyl groups is 1. The van der Waals surface area contributed by atoms with E-state index < -0.39 is 5.82 Å². The van der Waals surface area contributed by atoms with Crippen LogP contribution in [-0.4, -0.2) is 40.6 Å². The van der Waals surface area contributed by atoms with Crippen molar-refractivity contribution in [3.63, 3.8) is 0 Å². The number of nitrogens with one attached hydrogen (secondary N) is 1. The highest BCUT2D eigenvalue weighted by molar-refractivity contribution is 7.80. The minimum Gasteiger partial charge on any atom is -0.502 e. The molecule has 0 saturated heterocycles. The van der Waals surface area contributed by atoms with Gasteiger partial charge >= 0.3 is 0 Å². The fraction of sp³-hybridized carbons (Fsp3) is 0.294. The van der Waals surface area contributed by atoms with E-state index in [2.05, 4.69) is 27.6 Å². The van der Waals surface area contributed by atoms with Crippen LogP contribution in [0, 0.1) is 11.2 Å². The molecule has 0 fully saturated rings. The number of ether oxygens (including phenoxy) is 1. The van der Waals surface area contributed by atoms with Crippen LogP contribution >= 0.6 is 12.6 Å². The number of aliphatic imine (C=N–C) groups is 1. The van der Waals surface area contributed by atoms with Gasteiger partial charge in [0.2, 0.25) is 5.75 Å². The average molecular weight is 377 g/mol. The Labute approximate surface area is 156 Å². The second kappa shape index (κ2) is 9.14. The van der Waals surface area contributed by atoms with Crippen LogP contribution in [0.25, 0.3) is 0 Å². The number of thiol groups is 1. The molecule has 26 heavy (non-hydrogen) atoms. The summed E-state index contributed by atoms with van der Waals surface area (Å²) in [4.78, 5) is 13.2. The van der Waals surface area contributed by atoms with Gasteiger partial charge in [0, 0.05) is 24.7 Å². The van der Waals surface area contributed by atoms with Crippen LogP contribution in [0.15, 0.2) is 29.5 Å². The Kier molecular flexibility index (Phi) is 6.90. The maximum Gasteiger partial charge on any atom is 0.265 e. The second-order valence-electron chi connectivity index (χ2n) is 5.42. The Morgan fingerprint density at radius 3 is 2.85 bits per heavy atom. The standard InChI is InChI=1S/C17H20FN5O2S/c1-3-11(7-26)15-16(24)17(22-9-21-15)25-14-5-4-12(6-13(14)18)23(2)10-20-8-19/h4-6,8-11,19,24,26H,3,7H2,1-2H3. The third-order valence-corrected chi connectivity index (χ3v) is 4.20. The molecule has 2 aromatic rings. The molecule has 1 atom stereocenters. The van der Waals surface area contributed by atoms with Crippen LogP contribution in [0.1, 0.15) is 25.0 Å². The van der Waals surface area contributed by atoms with E-state index in [4.69, 9.17) is 10.1 Å². The maximum atomic E-state index is 14.4. The Bertz CT molecular complexity index is 799. The van der Waals surface area contributed by atoms with Crippen molar-refractivity contribution < 1.29 is 14.2 Å². The van der Waals surface area contributed by atoms with E-state index in [0.717, 1.165) is 12.8 Å². The van der Waals surface area contributed by atoms with Gasteiger partial charge in [0.1, 0.15) is 12.7 Å². The van der Waals surface area contributed by atoms with Crippen molar-refractivity contribution in [1.29, 1.82) is 5.41 Å². The van der Waals surface area contributed by atoms with Crippen molar-refractivity contribution in [2.75, 3.05) is 17.7 Å². The minimum atomic E-state index is -0.626. The Hall–Kier alpha value is -2.68. The fourth-order valence-electron chi connectivity index (χ4n) is 2.25. The molecule has 0 saturated carbocycles. The van der Waals surface area contributed by atoms with Gasteiger partial charge in [-0.15, -0.1) is 0 Å². The zero-order chi connectivity index (χ0) is 19.1. The van der Waals surface area contributed by atoms with Crippen molar-refractivity contribution in [2.24, 2.45) is 4.99 Å². The molecule has 0 aliphatic carbocycles. The number of benzene rings is 1. The highest BCUT2D eigenvalue weighted by atomic mass is 32.1. The van der Waals surface area contributed by atoms with E-state index in [-0.39, 0.29) is 23.3 Å². The molecule has 0 amide bonds. The minimum absolute atomic E-state index is 0.0577. The third kappa shape index (κ3) is 4.48. The van der Waals surface area contributed by atoms with Gasteiger partial charge in [0.15, 0.2) is 11.6 Å². The summed E-state index contributed by atoms with van der Waals surface area (Å²) < 4.78 is 19.8. The zero-order valence-corrected chi connectivity index (χ0v) is 15.3. The van der Waals surface area contributed by atoms with E-state index in [1.807, 2.05) is 6.92 Å². The monoisotopic (exact) mass is 377 g/mol. The lowest BCUT2D eigenvalue weighted by atomic mass is 10.0. The Morgan fingerprint density at radius 2 is 2.23 bits per heavy atom. The van der Waals surface area contributed by atoms with E-state index in [9.17, 15) is 9.50 Å². The van der Waals surface area contributed by atoms with Crippen LogP contribution in [-0.2, 0) is 0 Å². The summed E-state index contributed by atoms with van der Waals surface area (Å²) in [6.07, 6.45) is 4.27. The molecule has 2 N–H and O–H groups in total. The Balaban J connectivity index is 2.28. The summed E-state index contributed by atoms with van der Waals surface area (Å²) in [5.41, 5.74) is 0.946. The lowest BCUT2D eigenvalue weighted by molar-refractivity contribution is 0.373. The van der Waals surface area contributed by atoms with E-state index in [1.54, 1.807) is 18.0 Å². The molecular formula is C17H20FN5O2S.